The number of hydrogen-bond acceptors (Lipinski definition) is 9. The quantitative estimate of drug-likeness (QED) is 0.238. The minimum absolute atomic E-state index is 0.0347. The summed E-state index contributed by atoms with van der Waals surface area (Å²) in [6, 6.07) is 18.4. The van der Waals surface area contributed by atoms with Crippen LogP contribution in [-0.4, -0.2) is 57.1 Å². The van der Waals surface area contributed by atoms with Gasteiger partial charge in [0.05, 0.1) is 34.9 Å². The van der Waals surface area contributed by atoms with Crippen LogP contribution in [-0.2, 0) is 16.1 Å². The molecule has 1 N–H and O–H groups in total. The number of aliphatic carboxylic acids is 1. The average Bonchev–Trinajstić information content (AvgIpc) is 2.98. The summed E-state index contributed by atoms with van der Waals surface area (Å²) in [7, 11) is 5.73. The molecule has 0 aliphatic rings. The second kappa shape index (κ2) is 12.7. The highest BCUT2D eigenvalue weighted by atomic mass is 16.5. The number of methoxy groups -OCH3 is 4. The fourth-order valence-corrected chi connectivity index (χ4v) is 4.20. The Morgan fingerprint density at radius 1 is 0.825 bits per heavy atom. The standard InChI is InChI=1S/C30H29NO9/c1-35-23-14-19(15-24(36-2)28(23)37-3)26-21-11-10-20(40-17-18-8-6-5-7-9-18)16-22(21)29(39-13-12-25(32)33)31-27(26)30(34)38-4/h5-11,14-16H,12-13,17H2,1-4H3,(H,32,33). The number of nitrogens with zero attached hydrogens (tertiary/aromatic N) is 1. The second-order valence-corrected chi connectivity index (χ2v) is 8.52. The summed E-state index contributed by atoms with van der Waals surface area (Å²) in [5.41, 5.74) is 1.93. The Morgan fingerprint density at radius 2 is 1.52 bits per heavy atom. The number of carbonyl (C=O) groups is 2. The number of hydrogen-bond donors (Lipinski definition) is 1. The van der Waals surface area contributed by atoms with Gasteiger partial charge in [0.15, 0.2) is 17.2 Å². The molecular weight excluding hydrogens is 518 g/mol. The molecule has 0 unspecified atom stereocenters. The van der Waals surface area contributed by atoms with Crippen molar-refractivity contribution < 1.29 is 43.1 Å². The van der Waals surface area contributed by atoms with Crippen molar-refractivity contribution in [2.75, 3.05) is 35.0 Å². The molecule has 208 valence electrons. The summed E-state index contributed by atoms with van der Waals surface area (Å²) in [4.78, 5) is 28.6. The molecule has 10 heteroatoms. The molecule has 4 rings (SSSR count). The normalized spacial score (nSPS) is 10.6. The third-order valence-corrected chi connectivity index (χ3v) is 6.08. The number of carboxylic acids is 1. The van der Waals surface area contributed by atoms with Crippen LogP contribution >= 0.6 is 0 Å². The fourth-order valence-electron chi connectivity index (χ4n) is 4.20. The molecule has 0 radical (unpaired) electrons. The van der Waals surface area contributed by atoms with Gasteiger partial charge in [-0.25, -0.2) is 9.78 Å². The Kier molecular flexibility index (Phi) is 8.90. The molecular formula is C30H29NO9. The number of ether oxygens (including phenoxy) is 6. The number of benzene rings is 3. The fraction of sp³-hybridized carbons (Fsp3) is 0.233. The highest BCUT2D eigenvalue weighted by Crippen LogP contribution is 2.45. The largest absolute Gasteiger partial charge is 0.493 e. The van der Waals surface area contributed by atoms with E-state index in [1.54, 1.807) is 30.3 Å². The first-order valence-corrected chi connectivity index (χ1v) is 12.3. The first-order valence-electron chi connectivity index (χ1n) is 12.3. The number of carboxylic acid groups (broad SMARTS) is 1. The Labute approximate surface area is 231 Å². The van der Waals surface area contributed by atoms with E-state index in [2.05, 4.69) is 4.98 Å². The zero-order valence-corrected chi connectivity index (χ0v) is 22.6. The van der Waals surface area contributed by atoms with Crippen LogP contribution in [0.3, 0.4) is 0 Å². The van der Waals surface area contributed by atoms with Crippen LogP contribution in [0.1, 0.15) is 22.5 Å². The molecule has 0 atom stereocenters. The van der Waals surface area contributed by atoms with Gasteiger partial charge in [0.1, 0.15) is 19.0 Å². The molecule has 0 aliphatic carbocycles. The number of fused-ring (bicyclic) bond motifs is 1. The van der Waals surface area contributed by atoms with Crippen molar-refractivity contribution in [2.45, 2.75) is 13.0 Å². The van der Waals surface area contributed by atoms with Gasteiger partial charge in [0.25, 0.3) is 0 Å². The lowest BCUT2D eigenvalue weighted by atomic mass is 9.96. The van der Waals surface area contributed by atoms with Crippen LogP contribution in [0.5, 0.6) is 28.9 Å². The summed E-state index contributed by atoms with van der Waals surface area (Å²) in [5.74, 6) is 0.00384. The predicted octanol–water partition coefficient (Wildman–Crippen LogP) is 5.15. The molecule has 1 aromatic heterocycles. The highest BCUT2D eigenvalue weighted by molar-refractivity contribution is 6.08. The van der Waals surface area contributed by atoms with Crippen LogP contribution in [0.25, 0.3) is 21.9 Å². The molecule has 40 heavy (non-hydrogen) atoms. The van der Waals surface area contributed by atoms with E-state index in [0.29, 0.717) is 51.5 Å². The van der Waals surface area contributed by atoms with Gasteiger partial charge in [0, 0.05) is 10.9 Å². The average molecular weight is 548 g/mol. The van der Waals surface area contributed by atoms with Gasteiger partial charge >= 0.3 is 11.9 Å². The number of carbonyl (C=O) groups excluding carboxylic acids is 1. The van der Waals surface area contributed by atoms with E-state index >= 15 is 0 Å². The number of esters is 1. The van der Waals surface area contributed by atoms with E-state index in [1.165, 1.54) is 28.4 Å². The molecule has 0 spiro atoms. The SMILES string of the molecule is COC(=O)c1nc(OCCC(=O)O)c2cc(OCc3ccccc3)ccc2c1-c1cc(OC)c(OC)c(OC)c1. The maximum atomic E-state index is 13.0. The Balaban J connectivity index is 1.93. The minimum atomic E-state index is -1.03. The van der Waals surface area contributed by atoms with Crippen LogP contribution in [0.15, 0.2) is 60.7 Å². The van der Waals surface area contributed by atoms with E-state index in [-0.39, 0.29) is 24.6 Å². The summed E-state index contributed by atoms with van der Waals surface area (Å²) in [6.07, 6.45) is -0.254. The number of rotatable bonds is 12. The molecule has 4 aromatic rings. The molecule has 0 bridgehead atoms. The Morgan fingerprint density at radius 3 is 2.12 bits per heavy atom. The number of aromatic nitrogens is 1. The second-order valence-electron chi connectivity index (χ2n) is 8.52. The van der Waals surface area contributed by atoms with Crippen molar-refractivity contribution in [2.24, 2.45) is 0 Å². The zero-order valence-electron chi connectivity index (χ0n) is 22.6. The Hall–Kier alpha value is -4.99. The molecule has 0 saturated heterocycles. The summed E-state index contributed by atoms with van der Waals surface area (Å²) in [5, 5.41) is 10.2. The first kappa shape index (κ1) is 28.0. The Bertz CT molecular complexity index is 1490. The molecule has 0 saturated carbocycles. The lowest BCUT2D eigenvalue weighted by molar-refractivity contribution is -0.137. The van der Waals surface area contributed by atoms with Crippen molar-refractivity contribution >= 4 is 22.7 Å². The highest BCUT2D eigenvalue weighted by Gasteiger charge is 2.25. The smallest absolute Gasteiger partial charge is 0.357 e. The maximum absolute atomic E-state index is 13.0. The molecule has 0 aliphatic heterocycles. The predicted molar refractivity (Wildman–Crippen MR) is 147 cm³/mol. The van der Waals surface area contributed by atoms with Gasteiger partial charge in [-0.15, -0.1) is 0 Å². The van der Waals surface area contributed by atoms with Crippen LogP contribution < -0.4 is 23.7 Å². The van der Waals surface area contributed by atoms with Gasteiger partial charge in [-0.05, 0) is 46.8 Å². The summed E-state index contributed by atoms with van der Waals surface area (Å²) < 4.78 is 33.4. The van der Waals surface area contributed by atoms with Gasteiger partial charge in [0.2, 0.25) is 11.6 Å². The monoisotopic (exact) mass is 547 g/mol. The third-order valence-electron chi connectivity index (χ3n) is 6.08. The molecule has 10 nitrogen and oxygen atoms in total. The van der Waals surface area contributed by atoms with E-state index in [4.69, 9.17) is 33.5 Å². The van der Waals surface area contributed by atoms with E-state index in [9.17, 15) is 9.59 Å². The van der Waals surface area contributed by atoms with E-state index in [0.717, 1.165) is 5.56 Å². The van der Waals surface area contributed by atoms with Crippen LogP contribution in [0.4, 0.5) is 0 Å². The molecule has 0 fully saturated rings. The van der Waals surface area contributed by atoms with E-state index < -0.39 is 11.9 Å². The minimum Gasteiger partial charge on any atom is -0.493 e. The molecule has 3 aromatic carbocycles. The topological polar surface area (TPSA) is 123 Å². The van der Waals surface area contributed by atoms with Crippen molar-refractivity contribution in [3.05, 3.63) is 71.9 Å². The van der Waals surface area contributed by atoms with Gasteiger partial charge < -0.3 is 33.5 Å². The first-order chi connectivity index (χ1) is 19.4. The zero-order chi connectivity index (χ0) is 28.6. The number of pyridine rings is 1. The van der Waals surface area contributed by atoms with Crippen molar-refractivity contribution in [3.63, 3.8) is 0 Å². The van der Waals surface area contributed by atoms with Gasteiger partial charge in [-0.2, -0.15) is 0 Å². The lowest BCUT2D eigenvalue weighted by Crippen LogP contribution is -2.11. The van der Waals surface area contributed by atoms with Crippen molar-refractivity contribution in [3.8, 4) is 40.0 Å². The third kappa shape index (κ3) is 6.01. The van der Waals surface area contributed by atoms with Crippen LogP contribution in [0, 0.1) is 0 Å². The summed E-state index contributed by atoms with van der Waals surface area (Å²) in [6.45, 7) is 0.172. The lowest BCUT2D eigenvalue weighted by Gasteiger charge is -2.18. The summed E-state index contributed by atoms with van der Waals surface area (Å²) >= 11 is 0. The van der Waals surface area contributed by atoms with Gasteiger partial charge in [-0.3, -0.25) is 4.79 Å². The van der Waals surface area contributed by atoms with Crippen LogP contribution in [0.2, 0.25) is 0 Å². The maximum Gasteiger partial charge on any atom is 0.357 e. The van der Waals surface area contributed by atoms with Gasteiger partial charge in [-0.1, -0.05) is 30.3 Å². The van der Waals surface area contributed by atoms with Crippen molar-refractivity contribution in [1.29, 1.82) is 0 Å². The molecule has 0 amide bonds. The van der Waals surface area contributed by atoms with E-state index in [1.807, 2.05) is 30.3 Å². The van der Waals surface area contributed by atoms with Crippen molar-refractivity contribution in [1.82, 2.24) is 4.98 Å². The molecule has 1 heterocycles.